The minimum absolute atomic E-state index is 0.466. The molecule has 20 heavy (non-hydrogen) atoms. The molecule has 0 atom stereocenters. The molecular formula is C17H27N3. The van der Waals surface area contributed by atoms with E-state index in [0.717, 1.165) is 30.8 Å². The van der Waals surface area contributed by atoms with E-state index < -0.39 is 0 Å². The van der Waals surface area contributed by atoms with Gasteiger partial charge in [-0.2, -0.15) is 5.10 Å². The van der Waals surface area contributed by atoms with Crippen molar-refractivity contribution in [3.05, 3.63) is 17.5 Å². The van der Waals surface area contributed by atoms with Crippen LogP contribution >= 0.6 is 0 Å². The lowest BCUT2D eigenvalue weighted by molar-refractivity contribution is -0.00968. The summed E-state index contributed by atoms with van der Waals surface area (Å²) in [4.78, 5) is 0. The summed E-state index contributed by atoms with van der Waals surface area (Å²) in [5, 5.41) is 8.03. The van der Waals surface area contributed by atoms with Crippen LogP contribution in [-0.4, -0.2) is 16.8 Å². The van der Waals surface area contributed by atoms with Crippen LogP contribution in [0.15, 0.2) is 6.20 Å². The number of hydrogen-bond donors (Lipinski definition) is 1. The zero-order valence-corrected chi connectivity index (χ0v) is 12.9. The van der Waals surface area contributed by atoms with Gasteiger partial charge < -0.3 is 5.32 Å². The number of rotatable bonds is 4. The zero-order valence-electron chi connectivity index (χ0n) is 12.9. The average molecular weight is 273 g/mol. The minimum atomic E-state index is 0.466. The summed E-state index contributed by atoms with van der Waals surface area (Å²) in [5.41, 5.74) is 3.51. The van der Waals surface area contributed by atoms with E-state index in [0.29, 0.717) is 5.41 Å². The first-order valence-corrected chi connectivity index (χ1v) is 8.44. The molecule has 4 aliphatic carbocycles. The van der Waals surface area contributed by atoms with Gasteiger partial charge in [-0.1, -0.05) is 0 Å². The third-order valence-electron chi connectivity index (χ3n) is 6.12. The Bertz CT molecular complexity index is 467. The Morgan fingerprint density at radius 3 is 2.30 bits per heavy atom. The van der Waals surface area contributed by atoms with E-state index in [1.165, 1.54) is 44.1 Å². The van der Waals surface area contributed by atoms with E-state index >= 15 is 0 Å². The van der Waals surface area contributed by atoms with Gasteiger partial charge in [0.1, 0.15) is 0 Å². The summed E-state index contributed by atoms with van der Waals surface area (Å²) in [7, 11) is 2.05. The first-order chi connectivity index (χ1) is 9.74. The molecule has 0 radical (unpaired) electrons. The molecule has 0 saturated heterocycles. The van der Waals surface area contributed by atoms with E-state index in [1.807, 2.05) is 7.05 Å². The van der Waals surface area contributed by atoms with Crippen molar-refractivity contribution in [1.82, 2.24) is 15.1 Å². The molecule has 5 rings (SSSR count). The highest BCUT2D eigenvalue weighted by atomic mass is 15.3. The van der Waals surface area contributed by atoms with Gasteiger partial charge in [-0.3, -0.25) is 4.68 Å². The molecule has 0 unspecified atom stereocenters. The van der Waals surface area contributed by atoms with Crippen LogP contribution in [0, 0.1) is 17.8 Å². The lowest BCUT2D eigenvalue weighted by Gasteiger charge is -2.57. The molecule has 1 aromatic rings. The first-order valence-electron chi connectivity index (χ1n) is 8.44. The van der Waals surface area contributed by atoms with Crippen LogP contribution in [0.25, 0.3) is 0 Å². The summed E-state index contributed by atoms with van der Waals surface area (Å²) in [5.74, 6) is 3.01. The first kappa shape index (κ1) is 12.9. The van der Waals surface area contributed by atoms with Crippen LogP contribution in [-0.2, 0) is 18.5 Å². The summed E-state index contributed by atoms with van der Waals surface area (Å²) in [6.07, 6.45) is 11.0. The summed E-state index contributed by atoms with van der Waals surface area (Å²) >= 11 is 0. The molecule has 0 aromatic carbocycles. The number of aromatic nitrogens is 2. The van der Waals surface area contributed by atoms with E-state index in [9.17, 15) is 0 Å². The van der Waals surface area contributed by atoms with Crippen LogP contribution in [0.5, 0.6) is 0 Å². The van der Waals surface area contributed by atoms with Crippen molar-refractivity contribution in [3.8, 4) is 0 Å². The molecule has 4 fully saturated rings. The van der Waals surface area contributed by atoms with Gasteiger partial charge in [-0.25, -0.2) is 0 Å². The van der Waals surface area contributed by atoms with E-state index in [-0.39, 0.29) is 0 Å². The van der Waals surface area contributed by atoms with Gasteiger partial charge in [0.25, 0.3) is 0 Å². The summed E-state index contributed by atoms with van der Waals surface area (Å²) in [6, 6.07) is 0. The van der Waals surface area contributed by atoms with E-state index in [1.54, 1.807) is 5.69 Å². The second-order valence-corrected chi connectivity index (χ2v) is 7.56. The van der Waals surface area contributed by atoms with Crippen molar-refractivity contribution in [1.29, 1.82) is 0 Å². The smallest absolute Gasteiger partial charge is 0.0537 e. The fourth-order valence-electron chi connectivity index (χ4n) is 6.00. The second kappa shape index (κ2) is 4.59. The Morgan fingerprint density at radius 1 is 1.20 bits per heavy atom. The van der Waals surface area contributed by atoms with Gasteiger partial charge >= 0.3 is 0 Å². The maximum atomic E-state index is 4.69. The Hall–Kier alpha value is -0.830. The standard InChI is InChI=1S/C17H27N3/c1-3-20-16(15(10-18-2)11-19-20)17-7-12-4-13(8-17)6-14(5-12)9-17/h11-14,18H,3-10H2,1-2H3. The van der Waals surface area contributed by atoms with Crippen molar-refractivity contribution in [3.63, 3.8) is 0 Å². The molecule has 4 bridgehead atoms. The van der Waals surface area contributed by atoms with Crippen LogP contribution < -0.4 is 5.32 Å². The lowest BCUT2D eigenvalue weighted by atomic mass is 9.48. The number of hydrogen-bond acceptors (Lipinski definition) is 2. The van der Waals surface area contributed by atoms with Crippen molar-refractivity contribution in [2.24, 2.45) is 17.8 Å². The molecule has 1 aromatic heterocycles. The molecule has 1 N–H and O–H groups in total. The largest absolute Gasteiger partial charge is 0.316 e. The molecule has 110 valence electrons. The van der Waals surface area contributed by atoms with Crippen LogP contribution in [0.3, 0.4) is 0 Å². The summed E-state index contributed by atoms with van der Waals surface area (Å²) in [6.45, 7) is 4.22. The molecule has 0 amide bonds. The van der Waals surface area contributed by atoms with Crippen molar-refractivity contribution >= 4 is 0 Å². The Morgan fingerprint density at radius 2 is 1.80 bits per heavy atom. The molecule has 0 aliphatic heterocycles. The number of aryl methyl sites for hydroxylation is 1. The highest BCUT2D eigenvalue weighted by Crippen LogP contribution is 2.61. The Labute approximate surface area is 122 Å². The predicted molar refractivity (Wildman–Crippen MR) is 80.5 cm³/mol. The summed E-state index contributed by atoms with van der Waals surface area (Å²) < 4.78 is 2.31. The SMILES string of the molecule is CCn1ncc(CNC)c1C12CC3CC(CC(C3)C1)C2. The topological polar surface area (TPSA) is 29.9 Å². The van der Waals surface area contributed by atoms with Crippen molar-refractivity contribution in [2.75, 3.05) is 7.05 Å². The minimum Gasteiger partial charge on any atom is -0.316 e. The predicted octanol–water partition coefficient (Wildman–Crippen LogP) is 3.09. The highest BCUT2D eigenvalue weighted by Gasteiger charge is 2.53. The molecule has 4 saturated carbocycles. The monoisotopic (exact) mass is 273 g/mol. The fraction of sp³-hybridized carbons (Fsp3) is 0.824. The van der Waals surface area contributed by atoms with E-state index in [4.69, 9.17) is 0 Å². The second-order valence-electron chi connectivity index (χ2n) is 7.56. The maximum Gasteiger partial charge on any atom is 0.0537 e. The van der Waals surface area contributed by atoms with Gasteiger partial charge in [0.2, 0.25) is 0 Å². The van der Waals surface area contributed by atoms with Gasteiger partial charge in [0.05, 0.1) is 6.20 Å². The quantitative estimate of drug-likeness (QED) is 0.913. The fourth-order valence-corrected chi connectivity index (χ4v) is 6.00. The third-order valence-corrected chi connectivity index (χ3v) is 6.12. The average Bonchev–Trinajstić information content (AvgIpc) is 2.81. The molecule has 1 heterocycles. The van der Waals surface area contributed by atoms with Crippen LogP contribution in [0.4, 0.5) is 0 Å². The van der Waals surface area contributed by atoms with Gasteiger partial charge in [0.15, 0.2) is 0 Å². The van der Waals surface area contributed by atoms with Gasteiger partial charge in [-0.05, 0) is 70.3 Å². The molecular weight excluding hydrogens is 246 g/mol. The Kier molecular flexibility index (Phi) is 2.95. The number of nitrogens with zero attached hydrogens (tertiary/aromatic N) is 2. The normalized spacial score (nSPS) is 38.6. The zero-order chi connectivity index (χ0) is 13.7. The van der Waals surface area contributed by atoms with Crippen LogP contribution in [0.1, 0.15) is 56.7 Å². The van der Waals surface area contributed by atoms with Crippen molar-refractivity contribution in [2.45, 2.75) is 64.0 Å². The molecule has 0 spiro atoms. The van der Waals surface area contributed by atoms with Gasteiger partial charge in [0, 0.05) is 29.8 Å². The maximum absolute atomic E-state index is 4.69. The molecule has 3 nitrogen and oxygen atoms in total. The lowest BCUT2D eigenvalue weighted by Crippen LogP contribution is -2.50. The Balaban J connectivity index is 1.78. The van der Waals surface area contributed by atoms with Crippen LogP contribution in [0.2, 0.25) is 0 Å². The van der Waals surface area contributed by atoms with Crippen molar-refractivity contribution < 1.29 is 0 Å². The highest BCUT2D eigenvalue weighted by molar-refractivity contribution is 5.30. The van der Waals surface area contributed by atoms with E-state index in [2.05, 4.69) is 28.2 Å². The van der Waals surface area contributed by atoms with Gasteiger partial charge in [-0.15, -0.1) is 0 Å². The molecule has 4 aliphatic rings. The molecule has 3 heteroatoms. The number of nitrogens with one attached hydrogen (secondary N) is 1. The third kappa shape index (κ3) is 1.78.